The van der Waals surface area contributed by atoms with E-state index in [9.17, 15) is 0 Å². The lowest BCUT2D eigenvalue weighted by Crippen LogP contribution is -2.14. The molecular weight excluding hydrogens is 308 g/mol. The van der Waals surface area contributed by atoms with Gasteiger partial charge in [0.05, 0.1) is 0 Å². The summed E-state index contributed by atoms with van der Waals surface area (Å²) in [6, 6.07) is 5.98. The second-order valence-electron chi connectivity index (χ2n) is 3.90. The Morgan fingerprint density at radius 2 is 2.07 bits per heavy atom. The fraction of sp³-hybridized carbons (Fsp3) is 0.455. The van der Waals surface area contributed by atoms with Gasteiger partial charge in [-0.05, 0) is 58.7 Å². The van der Waals surface area contributed by atoms with Crippen molar-refractivity contribution in [2.45, 2.75) is 26.3 Å². The summed E-state index contributed by atoms with van der Waals surface area (Å²) in [4.78, 5) is 0. The highest BCUT2D eigenvalue weighted by atomic mass is 127. The summed E-state index contributed by atoms with van der Waals surface area (Å²) in [6.07, 6.45) is 0.996. The topological polar surface area (TPSA) is 26.0 Å². The van der Waals surface area contributed by atoms with Crippen molar-refractivity contribution in [3.8, 4) is 0 Å². The van der Waals surface area contributed by atoms with Crippen molar-refractivity contribution in [3.05, 3.63) is 32.4 Å². The zero-order valence-electron chi connectivity index (χ0n) is 8.43. The van der Waals surface area contributed by atoms with Gasteiger partial charge in [-0.15, -0.1) is 0 Å². The minimum Gasteiger partial charge on any atom is -0.324 e. The second kappa shape index (κ2) is 5.33. The lowest BCUT2D eigenvalue weighted by atomic mass is 9.98. The van der Waals surface area contributed by atoms with Crippen LogP contribution in [0.2, 0.25) is 5.02 Å². The summed E-state index contributed by atoms with van der Waals surface area (Å²) in [7, 11) is 0. The maximum absolute atomic E-state index is 6.10. The van der Waals surface area contributed by atoms with Crippen LogP contribution >= 0.6 is 34.2 Å². The third-order valence-electron chi connectivity index (χ3n) is 2.08. The van der Waals surface area contributed by atoms with Crippen LogP contribution in [0.5, 0.6) is 0 Å². The Labute approximate surface area is 104 Å². The van der Waals surface area contributed by atoms with Gasteiger partial charge in [-0.1, -0.05) is 25.4 Å². The van der Waals surface area contributed by atoms with Crippen LogP contribution in [0.1, 0.15) is 31.9 Å². The van der Waals surface area contributed by atoms with Gasteiger partial charge in [0, 0.05) is 14.6 Å². The third kappa shape index (κ3) is 3.41. The van der Waals surface area contributed by atoms with Crippen molar-refractivity contribution in [2.24, 2.45) is 11.7 Å². The minimum absolute atomic E-state index is 0.0978. The summed E-state index contributed by atoms with van der Waals surface area (Å²) in [5, 5.41) is 0.764. The van der Waals surface area contributed by atoms with Crippen molar-refractivity contribution >= 4 is 34.2 Å². The Kier molecular flexibility index (Phi) is 4.67. The van der Waals surface area contributed by atoms with Crippen LogP contribution in [0.25, 0.3) is 0 Å². The first-order valence-corrected chi connectivity index (χ1v) is 6.17. The molecule has 0 spiro atoms. The highest BCUT2D eigenvalue weighted by Crippen LogP contribution is 2.26. The molecule has 0 aliphatic rings. The fourth-order valence-corrected chi connectivity index (χ4v) is 2.35. The lowest BCUT2D eigenvalue weighted by molar-refractivity contribution is 0.509. The minimum atomic E-state index is 0.0978. The molecule has 0 fully saturated rings. The first-order chi connectivity index (χ1) is 6.50. The number of hydrogen-bond acceptors (Lipinski definition) is 1. The van der Waals surface area contributed by atoms with E-state index >= 15 is 0 Å². The molecule has 1 unspecified atom stereocenters. The summed E-state index contributed by atoms with van der Waals surface area (Å²) < 4.78 is 1.19. The molecule has 78 valence electrons. The van der Waals surface area contributed by atoms with Crippen molar-refractivity contribution in [3.63, 3.8) is 0 Å². The molecule has 0 radical (unpaired) electrons. The summed E-state index contributed by atoms with van der Waals surface area (Å²) >= 11 is 8.24. The quantitative estimate of drug-likeness (QED) is 0.836. The second-order valence-corrected chi connectivity index (χ2v) is 5.50. The summed E-state index contributed by atoms with van der Waals surface area (Å²) in [5.41, 5.74) is 7.26. The van der Waals surface area contributed by atoms with E-state index in [2.05, 4.69) is 36.4 Å². The van der Waals surface area contributed by atoms with Gasteiger partial charge >= 0.3 is 0 Å². The molecule has 14 heavy (non-hydrogen) atoms. The van der Waals surface area contributed by atoms with Crippen molar-refractivity contribution in [1.82, 2.24) is 0 Å². The molecule has 0 bridgehead atoms. The Hall–Kier alpha value is 0.200. The molecule has 2 N–H and O–H groups in total. The van der Waals surface area contributed by atoms with Crippen molar-refractivity contribution in [2.75, 3.05) is 0 Å². The first-order valence-electron chi connectivity index (χ1n) is 4.71. The van der Waals surface area contributed by atoms with Gasteiger partial charge < -0.3 is 5.73 Å². The molecule has 1 nitrogen and oxygen atoms in total. The molecule has 0 aliphatic carbocycles. The fourth-order valence-electron chi connectivity index (χ4n) is 1.43. The standard InChI is InChI=1S/C11H15ClIN/c1-7(2)5-11(14)9-6-8(12)3-4-10(9)13/h3-4,6-7,11H,5,14H2,1-2H3. The predicted molar refractivity (Wildman–Crippen MR) is 70.6 cm³/mol. The third-order valence-corrected chi connectivity index (χ3v) is 3.30. The maximum Gasteiger partial charge on any atom is 0.0410 e. The molecule has 0 saturated carbocycles. The van der Waals surface area contributed by atoms with Gasteiger partial charge in [-0.25, -0.2) is 0 Å². The summed E-state index contributed by atoms with van der Waals surface area (Å²) in [5.74, 6) is 0.611. The zero-order chi connectivity index (χ0) is 10.7. The predicted octanol–water partition coefficient (Wildman–Crippen LogP) is 3.99. The number of hydrogen-bond donors (Lipinski definition) is 1. The molecule has 0 amide bonds. The van der Waals surface area contributed by atoms with E-state index in [0.717, 1.165) is 17.0 Å². The van der Waals surface area contributed by atoms with Crippen LogP contribution in [-0.2, 0) is 0 Å². The molecule has 1 atom stereocenters. The Bertz CT molecular complexity index is 312. The number of rotatable bonds is 3. The lowest BCUT2D eigenvalue weighted by Gasteiger charge is -2.16. The molecule has 1 aromatic rings. The van der Waals surface area contributed by atoms with E-state index in [-0.39, 0.29) is 6.04 Å². The van der Waals surface area contributed by atoms with Gasteiger partial charge in [0.2, 0.25) is 0 Å². The zero-order valence-corrected chi connectivity index (χ0v) is 11.3. The normalized spacial score (nSPS) is 13.3. The molecular formula is C11H15ClIN. The maximum atomic E-state index is 6.10. The van der Waals surface area contributed by atoms with E-state index in [0.29, 0.717) is 5.92 Å². The van der Waals surface area contributed by atoms with Crippen LogP contribution in [-0.4, -0.2) is 0 Å². The Morgan fingerprint density at radius 1 is 1.43 bits per heavy atom. The Balaban J connectivity index is 2.88. The largest absolute Gasteiger partial charge is 0.324 e. The van der Waals surface area contributed by atoms with Crippen LogP contribution < -0.4 is 5.73 Å². The molecule has 1 aromatic carbocycles. The van der Waals surface area contributed by atoms with E-state index < -0.39 is 0 Å². The number of halogens is 2. The SMILES string of the molecule is CC(C)CC(N)c1cc(Cl)ccc1I. The Morgan fingerprint density at radius 3 is 2.64 bits per heavy atom. The highest BCUT2D eigenvalue weighted by molar-refractivity contribution is 14.1. The van der Waals surface area contributed by atoms with Gasteiger partial charge in [0.15, 0.2) is 0 Å². The summed E-state index contributed by atoms with van der Waals surface area (Å²) in [6.45, 7) is 4.36. The number of nitrogens with two attached hydrogens (primary N) is 1. The van der Waals surface area contributed by atoms with Gasteiger partial charge in [0.1, 0.15) is 0 Å². The van der Waals surface area contributed by atoms with Crippen molar-refractivity contribution in [1.29, 1.82) is 0 Å². The first kappa shape index (κ1) is 12.3. The molecule has 1 rings (SSSR count). The monoisotopic (exact) mass is 323 g/mol. The average Bonchev–Trinajstić information content (AvgIpc) is 2.08. The van der Waals surface area contributed by atoms with E-state index in [1.54, 1.807) is 0 Å². The average molecular weight is 324 g/mol. The van der Waals surface area contributed by atoms with Crippen LogP contribution in [0.4, 0.5) is 0 Å². The van der Waals surface area contributed by atoms with Gasteiger partial charge in [-0.3, -0.25) is 0 Å². The smallest absolute Gasteiger partial charge is 0.0410 e. The van der Waals surface area contributed by atoms with E-state index in [4.69, 9.17) is 17.3 Å². The van der Waals surface area contributed by atoms with Gasteiger partial charge in [0.25, 0.3) is 0 Å². The van der Waals surface area contributed by atoms with E-state index in [1.165, 1.54) is 3.57 Å². The van der Waals surface area contributed by atoms with Crippen molar-refractivity contribution < 1.29 is 0 Å². The number of benzene rings is 1. The molecule has 0 aromatic heterocycles. The van der Waals surface area contributed by atoms with Gasteiger partial charge in [-0.2, -0.15) is 0 Å². The molecule has 3 heteroatoms. The molecule has 0 saturated heterocycles. The van der Waals surface area contributed by atoms with E-state index in [1.807, 2.05) is 18.2 Å². The molecule has 0 heterocycles. The van der Waals surface area contributed by atoms with Crippen LogP contribution in [0, 0.1) is 9.49 Å². The van der Waals surface area contributed by atoms with Crippen LogP contribution in [0.3, 0.4) is 0 Å². The van der Waals surface area contributed by atoms with Crippen LogP contribution in [0.15, 0.2) is 18.2 Å². The molecule has 0 aliphatic heterocycles. The highest BCUT2D eigenvalue weighted by Gasteiger charge is 2.11.